The van der Waals surface area contributed by atoms with E-state index in [4.69, 9.17) is 0 Å². The van der Waals surface area contributed by atoms with E-state index in [-0.39, 0.29) is 29.9 Å². The topological polar surface area (TPSA) is 47.9 Å². The SMILES string of the molecule is CN=C(NCCCC(=O)N1Cc2ccccc2C1)N1CCC2(CCCCC2)C1.I. The Morgan fingerprint density at radius 1 is 1.07 bits per heavy atom. The van der Waals surface area contributed by atoms with Crippen molar-refractivity contribution in [2.45, 2.75) is 64.5 Å². The third-order valence-electron chi connectivity index (χ3n) is 6.91. The number of carbonyl (C=O) groups excluding carboxylic acids is 1. The first kappa shape index (κ1) is 22.4. The van der Waals surface area contributed by atoms with E-state index in [0.29, 0.717) is 11.8 Å². The number of halogens is 1. The number of nitrogens with zero attached hydrogens (tertiary/aromatic N) is 3. The number of aliphatic imine (C=N–C) groups is 1. The zero-order chi connectivity index (χ0) is 19.4. The van der Waals surface area contributed by atoms with Crippen molar-refractivity contribution < 1.29 is 4.79 Å². The molecule has 2 aliphatic heterocycles. The molecule has 0 aromatic heterocycles. The second kappa shape index (κ2) is 10.1. The Morgan fingerprint density at radius 2 is 1.76 bits per heavy atom. The summed E-state index contributed by atoms with van der Waals surface area (Å²) in [5, 5.41) is 3.50. The first-order valence-electron chi connectivity index (χ1n) is 11.0. The van der Waals surface area contributed by atoms with Gasteiger partial charge in [0.25, 0.3) is 0 Å². The van der Waals surface area contributed by atoms with Gasteiger partial charge in [0, 0.05) is 46.2 Å². The molecule has 1 amide bonds. The van der Waals surface area contributed by atoms with Crippen LogP contribution in [0.15, 0.2) is 29.3 Å². The van der Waals surface area contributed by atoms with Gasteiger partial charge in [-0.1, -0.05) is 43.5 Å². The lowest BCUT2D eigenvalue weighted by atomic mass is 9.73. The molecule has 2 fully saturated rings. The standard InChI is InChI=1S/C23H34N4O.HI/c1-24-22(26-15-13-23(18-26)11-5-2-6-12-23)25-14-7-10-21(28)27-16-19-8-3-4-9-20(19)17-27;/h3-4,8-9H,2,5-7,10-18H2,1H3,(H,24,25);1H. The number of amides is 1. The van der Waals surface area contributed by atoms with Crippen LogP contribution in [-0.4, -0.2) is 48.3 Å². The third-order valence-corrected chi connectivity index (χ3v) is 6.91. The van der Waals surface area contributed by atoms with Gasteiger partial charge in [-0.3, -0.25) is 9.79 Å². The highest BCUT2D eigenvalue weighted by molar-refractivity contribution is 14.0. The number of nitrogens with one attached hydrogen (secondary N) is 1. The minimum absolute atomic E-state index is 0. The molecule has 160 valence electrons. The molecule has 6 heteroatoms. The van der Waals surface area contributed by atoms with Gasteiger partial charge in [-0.2, -0.15) is 0 Å². The average Bonchev–Trinajstić information content (AvgIpc) is 3.33. The first-order chi connectivity index (χ1) is 13.7. The van der Waals surface area contributed by atoms with Crippen LogP contribution in [0.4, 0.5) is 0 Å². The fraction of sp³-hybridized carbons (Fsp3) is 0.652. The molecule has 0 atom stereocenters. The predicted molar refractivity (Wildman–Crippen MR) is 128 cm³/mol. The smallest absolute Gasteiger partial charge is 0.223 e. The van der Waals surface area contributed by atoms with Crippen LogP contribution in [0.2, 0.25) is 0 Å². The average molecular weight is 510 g/mol. The summed E-state index contributed by atoms with van der Waals surface area (Å²) in [6.45, 7) is 4.60. The van der Waals surface area contributed by atoms with Gasteiger partial charge in [-0.15, -0.1) is 24.0 Å². The Labute approximate surface area is 192 Å². The molecule has 1 aliphatic carbocycles. The summed E-state index contributed by atoms with van der Waals surface area (Å²) in [6.07, 6.45) is 9.71. The number of hydrogen-bond acceptors (Lipinski definition) is 2. The Hall–Kier alpha value is -1.31. The normalized spacial score (nSPS) is 20.5. The number of likely N-dealkylation sites (tertiary alicyclic amines) is 1. The van der Waals surface area contributed by atoms with E-state index in [2.05, 4.69) is 39.5 Å². The van der Waals surface area contributed by atoms with E-state index >= 15 is 0 Å². The largest absolute Gasteiger partial charge is 0.356 e. The summed E-state index contributed by atoms with van der Waals surface area (Å²) in [4.78, 5) is 21.5. The molecule has 29 heavy (non-hydrogen) atoms. The zero-order valence-electron chi connectivity index (χ0n) is 17.7. The summed E-state index contributed by atoms with van der Waals surface area (Å²) in [6, 6.07) is 8.36. The van der Waals surface area contributed by atoms with Crippen molar-refractivity contribution in [3.05, 3.63) is 35.4 Å². The van der Waals surface area contributed by atoms with Gasteiger partial charge in [0.15, 0.2) is 5.96 Å². The van der Waals surface area contributed by atoms with Gasteiger partial charge < -0.3 is 15.1 Å². The Bertz CT molecular complexity index is 704. The van der Waals surface area contributed by atoms with Crippen molar-refractivity contribution in [3.63, 3.8) is 0 Å². The molecule has 1 saturated heterocycles. The number of carbonyl (C=O) groups is 1. The quantitative estimate of drug-likeness (QED) is 0.287. The zero-order valence-corrected chi connectivity index (χ0v) is 20.0. The molecule has 1 saturated carbocycles. The lowest BCUT2D eigenvalue weighted by Gasteiger charge is -2.33. The van der Waals surface area contributed by atoms with Crippen LogP contribution in [0.5, 0.6) is 0 Å². The Balaban J connectivity index is 0.00000240. The predicted octanol–water partition coefficient (Wildman–Crippen LogP) is 4.16. The van der Waals surface area contributed by atoms with Gasteiger partial charge in [-0.25, -0.2) is 0 Å². The molecular formula is C23H35IN4O. The van der Waals surface area contributed by atoms with Gasteiger partial charge in [0.2, 0.25) is 5.91 Å². The van der Waals surface area contributed by atoms with Crippen molar-refractivity contribution in [1.29, 1.82) is 0 Å². The molecule has 1 spiro atoms. The maximum Gasteiger partial charge on any atom is 0.223 e. The van der Waals surface area contributed by atoms with Crippen LogP contribution in [0.1, 0.15) is 62.5 Å². The van der Waals surface area contributed by atoms with Crippen molar-refractivity contribution in [2.24, 2.45) is 10.4 Å². The third kappa shape index (κ3) is 5.25. The van der Waals surface area contributed by atoms with E-state index in [0.717, 1.165) is 45.1 Å². The van der Waals surface area contributed by atoms with Crippen LogP contribution in [0.3, 0.4) is 0 Å². The van der Waals surface area contributed by atoms with Crippen molar-refractivity contribution in [1.82, 2.24) is 15.1 Å². The van der Waals surface area contributed by atoms with Crippen LogP contribution >= 0.6 is 24.0 Å². The highest BCUT2D eigenvalue weighted by Crippen LogP contribution is 2.43. The monoisotopic (exact) mass is 510 g/mol. The van der Waals surface area contributed by atoms with Crippen molar-refractivity contribution in [3.8, 4) is 0 Å². The van der Waals surface area contributed by atoms with E-state index in [1.807, 2.05) is 11.9 Å². The van der Waals surface area contributed by atoms with Crippen LogP contribution < -0.4 is 5.32 Å². The fourth-order valence-electron chi connectivity index (χ4n) is 5.27. The van der Waals surface area contributed by atoms with Gasteiger partial charge in [0.1, 0.15) is 0 Å². The maximum absolute atomic E-state index is 12.5. The minimum atomic E-state index is 0. The molecule has 0 bridgehead atoms. The molecule has 4 rings (SSSR count). The minimum Gasteiger partial charge on any atom is -0.356 e. The summed E-state index contributed by atoms with van der Waals surface area (Å²) in [5.41, 5.74) is 3.12. The Morgan fingerprint density at radius 3 is 2.41 bits per heavy atom. The summed E-state index contributed by atoms with van der Waals surface area (Å²) in [5.74, 6) is 1.28. The van der Waals surface area contributed by atoms with Gasteiger partial charge in [0.05, 0.1) is 0 Å². The maximum atomic E-state index is 12.5. The molecule has 1 aromatic carbocycles. The second-order valence-electron chi connectivity index (χ2n) is 8.83. The summed E-state index contributed by atoms with van der Waals surface area (Å²) in [7, 11) is 1.88. The van der Waals surface area contributed by atoms with E-state index in [9.17, 15) is 4.79 Å². The molecular weight excluding hydrogens is 475 g/mol. The molecule has 5 nitrogen and oxygen atoms in total. The van der Waals surface area contributed by atoms with E-state index < -0.39 is 0 Å². The Kier molecular flexibility index (Phi) is 7.82. The first-order valence-corrected chi connectivity index (χ1v) is 11.0. The second-order valence-corrected chi connectivity index (χ2v) is 8.83. The number of guanidine groups is 1. The molecule has 3 aliphatic rings. The van der Waals surface area contributed by atoms with Crippen LogP contribution in [0.25, 0.3) is 0 Å². The molecule has 1 aromatic rings. The number of benzene rings is 1. The molecule has 0 radical (unpaired) electrons. The van der Waals surface area contributed by atoms with Gasteiger partial charge >= 0.3 is 0 Å². The van der Waals surface area contributed by atoms with Crippen molar-refractivity contribution >= 4 is 35.8 Å². The highest BCUT2D eigenvalue weighted by atomic mass is 127. The van der Waals surface area contributed by atoms with Crippen molar-refractivity contribution in [2.75, 3.05) is 26.7 Å². The lowest BCUT2D eigenvalue weighted by molar-refractivity contribution is -0.131. The number of rotatable bonds is 4. The molecule has 1 N–H and O–H groups in total. The number of fused-ring (bicyclic) bond motifs is 1. The summed E-state index contributed by atoms with van der Waals surface area (Å²) < 4.78 is 0. The van der Waals surface area contributed by atoms with E-state index in [1.54, 1.807) is 0 Å². The van der Waals surface area contributed by atoms with E-state index in [1.165, 1.54) is 49.7 Å². The lowest BCUT2D eigenvalue weighted by Crippen LogP contribution is -2.42. The number of hydrogen-bond donors (Lipinski definition) is 1. The van der Waals surface area contributed by atoms with Crippen LogP contribution in [0, 0.1) is 5.41 Å². The highest BCUT2D eigenvalue weighted by Gasteiger charge is 2.39. The van der Waals surface area contributed by atoms with Crippen LogP contribution in [-0.2, 0) is 17.9 Å². The van der Waals surface area contributed by atoms with Gasteiger partial charge in [-0.05, 0) is 42.2 Å². The summed E-state index contributed by atoms with van der Waals surface area (Å²) >= 11 is 0. The fourth-order valence-corrected chi connectivity index (χ4v) is 5.27. The molecule has 2 heterocycles. The molecule has 0 unspecified atom stereocenters.